The van der Waals surface area contributed by atoms with Gasteiger partial charge in [-0.1, -0.05) is 0 Å². The second kappa shape index (κ2) is 4.38. The summed E-state index contributed by atoms with van der Waals surface area (Å²) in [6.07, 6.45) is 6.04. The third-order valence-corrected chi connectivity index (χ3v) is 3.51. The molecule has 0 saturated carbocycles. The number of nitro groups is 1. The Morgan fingerprint density at radius 2 is 2.11 bits per heavy atom. The van der Waals surface area contributed by atoms with Crippen molar-refractivity contribution in [2.24, 2.45) is 0 Å². The Morgan fingerprint density at radius 3 is 2.84 bits per heavy atom. The van der Waals surface area contributed by atoms with E-state index < -0.39 is 4.92 Å². The zero-order valence-electron chi connectivity index (χ0n) is 10.4. The molecule has 1 heterocycles. The molecule has 1 aliphatic rings. The number of fused-ring (bicyclic) bond motifs is 1. The number of non-ortho nitro benzene ring substituents is 1. The van der Waals surface area contributed by atoms with Crippen molar-refractivity contribution in [1.82, 2.24) is 9.55 Å². The maximum atomic E-state index is 10.7. The van der Waals surface area contributed by atoms with Crippen molar-refractivity contribution in [3.8, 4) is 5.69 Å². The molecule has 0 saturated heterocycles. The van der Waals surface area contributed by atoms with E-state index in [-0.39, 0.29) is 5.69 Å². The van der Waals surface area contributed by atoms with Crippen LogP contribution in [0.4, 0.5) is 11.4 Å². The van der Waals surface area contributed by atoms with Crippen LogP contribution in [0.3, 0.4) is 0 Å². The zero-order chi connectivity index (χ0) is 13.4. The number of nitrogens with zero attached hydrogens (tertiary/aromatic N) is 3. The number of imidazole rings is 1. The molecule has 0 bridgehead atoms. The van der Waals surface area contributed by atoms with Crippen LogP contribution in [0.2, 0.25) is 0 Å². The number of aryl methyl sites for hydroxylation is 1. The minimum Gasteiger partial charge on any atom is -0.397 e. The van der Waals surface area contributed by atoms with Crippen LogP contribution in [0.5, 0.6) is 0 Å². The van der Waals surface area contributed by atoms with Gasteiger partial charge in [0.05, 0.1) is 28.3 Å². The summed E-state index contributed by atoms with van der Waals surface area (Å²) in [5, 5.41) is 10.7. The van der Waals surface area contributed by atoms with E-state index in [1.165, 1.54) is 24.2 Å². The third kappa shape index (κ3) is 1.95. The monoisotopic (exact) mass is 258 g/mol. The van der Waals surface area contributed by atoms with Gasteiger partial charge in [-0.05, 0) is 31.7 Å². The number of nitrogens with two attached hydrogens (primary N) is 1. The van der Waals surface area contributed by atoms with Gasteiger partial charge >= 0.3 is 0 Å². The maximum absolute atomic E-state index is 10.7. The Morgan fingerprint density at radius 1 is 1.32 bits per heavy atom. The Bertz CT molecular complexity index is 648. The lowest BCUT2D eigenvalue weighted by Gasteiger charge is -2.15. The predicted octanol–water partition coefficient (Wildman–Crippen LogP) is 2.24. The number of rotatable bonds is 2. The van der Waals surface area contributed by atoms with Gasteiger partial charge in [-0.25, -0.2) is 4.98 Å². The molecule has 1 aromatic heterocycles. The summed E-state index contributed by atoms with van der Waals surface area (Å²) in [4.78, 5) is 14.7. The third-order valence-electron chi connectivity index (χ3n) is 3.51. The molecule has 0 spiro atoms. The molecule has 1 aliphatic carbocycles. The second-order valence-corrected chi connectivity index (χ2v) is 4.72. The van der Waals surface area contributed by atoms with E-state index in [9.17, 15) is 10.1 Å². The van der Waals surface area contributed by atoms with Crippen LogP contribution in [0.15, 0.2) is 24.5 Å². The number of nitro benzene ring substituents is 1. The van der Waals surface area contributed by atoms with Crippen LogP contribution >= 0.6 is 0 Å². The molecule has 1 aromatic carbocycles. The Balaban J connectivity index is 2.07. The molecule has 2 aromatic rings. The molecule has 3 rings (SSSR count). The molecule has 0 aliphatic heterocycles. The fourth-order valence-corrected chi connectivity index (χ4v) is 2.55. The lowest BCUT2D eigenvalue weighted by molar-refractivity contribution is -0.384. The lowest BCUT2D eigenvalue weighted by Crippen LogP contribution is -2.08. The Kier molecular flexibility index (Phi) is 2.70. The molecule has 19 heavy (non-hydrogen) atoms. The van der Waals surface area contributed by atoms with Gasteiger partial charge in [-0.15, -0.1) is 0 Å². The normalized spacial score (nSPS) is 14.1. The average molecular weight is 258 g/mol. The van der Waals surface area contributed by atoms with Gasteiger partial charge in [0.1, 0.15) is 0 Å². The van der Waals surface area contributed by atoms with Gasteiger partial charge < -0.3 is 10.3 Å². The number of anilines is 1. The van der Waals surface area contributed by atoms with Gasteiger partial charge in [-0.2, -0.15) is 0 Å². The van der Waals surface area contributed by atoms with Gasteiger partial charge in [0.25, 0.3) is 5.69 Å². The van der Waals surface area contributed by atoms with Crippen LogP contribution in [-0.4, -0.2) is 14.5 Å². The first-order valence-corrected chi connectivity index (χ1v) is 6.26. The molecule has 6 heteroatoms. The molecular weight excluding hydrogens is 244 g/mol. The molecular formula is C13H14N4O2. The highest BCUT2D eigenvalue weighted by atomic mass is 16.6. The van der Waals surface area contributed by atoms with Gasteiger partial charge in [0.15, 0.2) is 0 Å². The highest BCUT2D eigenvalue weighted by Crippen LogP contribution is 2.28. The van der Waals surface area contributed by atoms with E-state index in [0.29, 0.717) is 5.69 Å². The fourth-order valence-electron chi connectivity index (χ4n) is 2.55. The molecule has 0 atom stereocenters. The highest BCUT2D eigenvalue weighted by molar-refractivity contribution is 5.63. The van der Waals surface area contributed by atoms with Crippen molar-refractivity contribution in [1.29, 1.82) is 0 Å². The van der Waals surface area contributed by atoms with E-state index in [1.54, 1.807) is 12.4 Å². The van der Waals surface area contributed by atoms with Crippen LogP contribution in [-0.2, 0) is 12.8 Å². The zero-order valence-corrected chi connectivity index (χ0v) is 10.4. The minimum absolute atomic E-state index is 0.00947. The van der Waals surface area contributed by atoms with E-state index >= 15 is 0 Å². The Hall–Kier alpha value is -2.37. The van der Waals surface area contributed by atoms with Gasteiger partial charge in [-0.3, -0.25) is 10.1 Å². The van der Waals surface area contributed by atoms with Crippen molar-refractivity contribution >= 4 is 11.4 Å². The highest BCUT2D eigenvalue weighted by Gasteiger charge is 2.18. The van der Waals surface area contributed by atoms with Gasteiger partial charge in [0.2, 0.25) is 0 Å². The number of aromatic nitrogens is 2. The SMILES string of the molecule is Nc1cc([N+](=O)[O-])ccc1-n1cnc2c1CCCC2. The van der Waals surface area contributed by atoms with Crippen molar-refractivity contribution in [3.05, 3.63) is 46.0 Å². The van der Waals surface area contributed by atoms with Crippen LogP contribution in [0, 0.1) is 10.1 Å². The van der Waals surface area contributed by atoms with Crippen molar-refractivity contribution in [2.75, 3.05) is 5.73 Å². The smallest absolute Gasteiger partial charge is 0.271 e. The Labute approximate surface area is 110 Å². The minimum atomic E-state index is -0.441. The van der Waals surface area contributed by atoms with Crippen LogP contribution in [0.25, 0.3) is 5.69 Å². The number of nitrogen functional groups attached to an aromatic ring is 1. The van der Waals surface area contributed by atoms with E-state index in [1.807, 2.05) is 4.57 Å². The van der Waals surface area contributed by atoms with E-state index in [4.69, 9.17) is 5.73 Å². The molecule has 6 nitrogen and oxygen atoms in total. The predicted molar refractivity (Wildman–Crippen MR) is 71.3 cm³/mol. The molecule has 0 fully saturated rings. The molecule has 0 unspecified atom stereocenters. The summed E-state index contributed by atoms with van der Waals surface area (Å²) in [6, 6.07) is 4.55. The first kappa shape index (κ1) is 11.7. The second-order valence-electron chi connectivity index (χ2n) is 4.72. The topological polar surface area (TPSA) is 87.0 Å². The van der Waals surface area contributed by atoms with E-state index in [2.05, 4.69) is 4.98 Å². The summed E-state index contributed by atoms with van der Waals surface area (Å²) in [7, 11) is 0. The van der Waals surface area contributed by atoms with Crippen molar-refractivity contribution < 1.29 is 4.92 Å². The summed E-state index contributed by atoms with van der Waals surface area (Å²) < 4.78 is 1.95. The summed E-state index contributed by atoms with van der Waals surface area (Å²) in [5.41, 5.74) is 9.40. The molecule has 98 valence electrons. The first-order valence-electron chi connectivity index (χ1n) is 6.26. The molecule has 0 radical (unpaired) electrons. The fraction of sp³-hybridized carbons (Fsp3) is 0.308. The van der Waals surface area contributed by atoms with E-state index in [0.717, 1.165) is 30.6 Å². The molecule has 0 amide bonds. The van der Waals surface area contributed by atoms with Gasteiger partial charge in [0, 0.05) is 17.8 Å². The first-order chi connectivity index (χ1) is 9.16. The summed E-state index contributed by atoms with van der Waals surface area (Å²) in [6.45, 7) is 0. The number of benzene rings is 1. The standard InChI is InChI=1S/C13H14N4O2/c14-10-7-9(17(18)19)5-6-12(10)16-8-15-11-3-1-2-4-13(11)16/h5-8H,1-4,14H2. The molecule has 2 N–H and O–H groups in total. The quantitative estimate of drug-likeness (QED) is 0.508. The number of hydrogen-bond acceptors (Lipinski definition) is 4. The summed E-state index contributed by atoms with van der Waals surface area (Å²) in [5.74, 6) is 0. The van der Waals surface area contributed by atoms with Crippen molar-refractivity contribution in [2.45, 2.75) is 25.7 Å². The maximum Gasteiger partial charge on any atom is 0.271 e. The average Bonchev–Trinajstić information content (AvgIpc) is 2.82. The van der Waals surface area contributed by atoms with Crippen molar-refractivity contribution in [3.63, 3.8) is 0 Å². The largest absolute Gasteiger partial charge is 0.397 e. The lowest BCUT2D eigenvalue weighted by atomic mass is 10.0. The summed E-state index contributed by atoms with van der Waals surface area (Å²) >= 11 is 0. The van der Waals surface area contributed by atoms with Crippen LogP contribution in [0.1, 0.15) is 24.2 Å². The number of hydrogen-bond donors (Lipinski definition) is 1. The van der Waals surface area contributed by atoms with Crippen LogP contribution < -0.4 is 5.73 Å².